The number of methoxy groups -OCH3 is 1. The highest BCUT2D eigenvalue weighted by Gasteiger charge is 2.59. The molecule has 4 heteroatoms. The molecule has 0 spiro atoms. The molecule has 4 aliphatic carbocycles. The van der Waals surface area contributed by atoms with Gasteiger partial charge in [0.05, 0.1) is 13.0 Å². The molecule has 2 fully saturated rings. The van der Waals surface area contributed by atoms with E-state index in [4.69, 9.17) is 4.74 Å². The van der Waals surface area contributed by atoms with E-state index in [-0.39, 0.29) is 28.6 Å². The van der Waals surface area contributed by atoms with Crippen LogP contribution < -0.4 is 0 Å². The van der Waals surface area contributed by atoms with Crippen LogP contribution in [-0.2, 0) is 19.1 Å². The average Bonchev–Trinajstić information content (AvgIpc) is 3.15. The molecule has 188 valence electrons. The maximum Gasteiger partial charge on any atom is 0.312 e. The van der Waals surface area contributed by atoms with Crippen molar-refractivity contribution in [3.05, 3.63) is 23.3 Å². The van der Waals surface area contributed by atoms with Crippen molar-refractivity contribution in [2.45, 2.75) is 92.4 Å². The van der Waals surface area contributed by atoms with Crippen LogP contribution in [0.2, 0.25) is 0 Å². The molecule has 0 aromatic heterocycles. The Balaban J connectivity index is 1.54. The second-order valence-electron chi connectivity index (χ2n) is 12.5. The number of ketones is 2. The first-order valence-electron chi connectivity index (χ1n) is 13.5. The molecule has 0 aromatic carbocycles. The van der Waals surface area contributed by atoms with Gasteiger partial charge in [-0.15, -0.1) is 0 Å². The van der Waals surface area contributed by atoms with Crippen LogP contribution in [0.15, 0.2) is 23.3 Å². The minimum absolute atomic E-state index is 0.0178. The number of esters is 1. The maximum absolute atomic E-state index is 13.8. The number of carbonyl (C=O) groups is 3. The van der Waals surface area contributed by atoms with E-state index >= 15 is 0 Å². The summed E-state index contributed by atoms with van der Waals surface area (Å²) in [6.07, 6.45) is 8.31. The number of allylic oxidation sites excluding steroid dienone is 2. The zero-order valence-corrected chi connectivity index (χ0v) is 22.2. The van der Waals surface area contributed by atoms with Gasteiger partial charge in [-0.05, 0) is 86.4 Å². The van der Waals surface area contributed by atoms with Gasteiger partial charge in [0.2, 0.25) is 0 Å². The van der Waals surface area contributed by atoms with E-state index in [2.05, 4.69) is 34.3 Å². The van der Waals surface area contributed by atoms with Crippen molar-refractivity contribution in [2.75, 3.05) is 7.11 Å². The number of fused-ring (bicyclic) bond motifs is 4. The second kappa shape index (κ2) is 9.06. The number of carbonyl (C=O) groups excluding carboxylic acids is 3. The van der Waals surface area contributed by atoms with Gasteiger partial charge in [-0.3, -0.25) is 14.4 Å². The molecule has 0 N–H and O–H groups in total. The van der Waals surface area contributed by atoms with Gasteiger partial charge < -0.3 is 4.74 Å². The summed E-state index contributed by atoms with van der Waals surface area (Å²) in [5.41, 5.74) is 3.43. The predicted molar refractivity (Wildman–Crippen MR) is 134 cm³/mol. The number of ether oxygens (including phenoxy) is 1. The van der Waals surface area contributed by atoms with Gasteiger partial charge in [0.1, 0.15) is 5.78 Å². The molecule has 34 heavy (non-hydrogen) atoms. The molecule has 0 amide bonds. The molecule has 4 aliphatic rings. The topological polar surface area (TPSA) is 60.4 Å². The van der Waals surface area contributed by atoms with E-state index in [1.807, 2.05) is 6.92 Å². The Morgan fingerprint density at radius 2 is 1.85 bits per heavy atom. The van der Waals surface area contributed by atoms with Crippen LogP contribution in [0, 0.1) is 46.3 Å². The molecule has 0 saturated heterocycles. The maximum atomic E-state index is 13.8. The molecule has 0 heterocycles. The van der Waals surface area contributed by atoms with Crippen LogP contribution in [0.5, 0.6) is 0 Å². The third-order valence-electron chi connectivity index (χ3n) is 10.9. The Bertz CT molecular complexity index is 928. The molecule has 0 radical (unpaired) electrons. The smallest absolute Gasteiger partial charge is 0.312 e. The van der Waals surface area contributed by atoms with Crippen molar-refractivity contribution in [1.82, 2.24) is 0 Å². The molecular formula is C30H44O4. The van der Waals surface area contributed by atoms with E-state index in [9.17, 15) is 14.4 Å². The molecule has 4 nitrogen and oxygen atoms in total. The van der Waals surface area contributed by atoms with Crippen LogP contribution >= 0.6 is 0 Å². The summed E-state index contributed by atoms with van der Waals surface area (Å²) in [5.74, 6) is 2.14. The monoisotopic (exact) mass is 468 g/mol. The summed E-state index contributed by atoms with van der Waals surface area (Å²) in [5, 5.41) is 0. The van der Waals surface area contributed by atoms with Gasteiger partial charge in [-0.2, -0.15) is 0 Å². The first-order valence-corrected chi connectivity index (χ1v) is 13.5. The van der Waals surface area contributed by atoms with Gasteiger partial charge in [0.25, 0.3) is 0 Å². The van der Waals surface area contributed by atoms with Crippen LogP contribution in [0.1, 0.15) is 92.4 Å². The number of hydrogen-bond donors (Lipinski definition) is 0. The van der Waals surface area contributed by atoms with Crippen LogP contribution in [0.25, 0.3) is 0 Å². The summed E-state index contributed by atoms with van der Waals surface area (Å²) in [6.45, 7) is 15.1. The van der Waals surface area contributed by atoms with Gasteiger partial charge in [0, 0.05) is 24.3 Å². The highest BCUT2D eigenvalue weighted by molar-refractivity contribution is 6.00. The fraction of sp³-hybridized carbons (Fsp3) is 0.767. The van der Waals surface area contributed by atoms with E-state index in [0.717, 1.165) is 43.3 Å². The summed E-state index contributed by atoms with van der Waals surface area (Å²) < 4.78 is 4.89. The normalized spacial score (nSPS) is 39.1. The van der Waals surface area contributed by atoms with Gasteiger partial charge >= 0.3 is 5.97 Å². The lowest BCUT2D eigenvalue weighted by molar-refractivity contribution is -0.143. The molecular weight excluding hydrogens is 424 g/mol. The zero-order chi connectivity index (χ0) is 25.0. The molecule has 0 bridgehead atoms. The fourth-order valence-corrected chi connectivity index (χ4v) is 8.73. The first-order chi connectivity index (χ1) is 16.0. The highest BCUT2D eigenvalue weighted by atomic mass is 16.5. The highest BCUT2D eigenvalue weighted by Crippen LogP contribution is 2.65. The summed E-state index contributed by atoms with van der Waals surface area (Å²) in [7, 11) is 1.43. The van der Waals surface area contributed by atoms with Crippen molar-refractivity contribution in [3.63, 3.8) is 0 Å². The third-order valence-corrected chi connectivity index (χ3v) is 10.9. The third kappa shape index (κ3) is 3.84. The van der Waals surface area contributed by atoms with Gasteiger partial charge in [-0.1, -0.05) is 45.4 Å². The predicted octanol–water partition coefficient (Wildman–Crippen LogP) is 6.49. The molecule has 0 aromatic rings. The van der Waals surface area contributed by atoms with E-state index in [1.165, 1.54) is 25.5 Å². The van der Waals surface area contributed by atoms with Crippen molar-refractivity contribution < 1.29 is 19.1 Å². The SMILES string of the molecule is C=C(CC[C@@H](C)[C@H]1CC[C@@H]2C3=C(C(=O)C[C@@]21C)[C@@]1(C)CCC(=O)[C@@H](C)C1CC3)C(C)C(=O)OC. The van der Waals surface area contributed by atoms with Crippen LogP contribution in [0.3, 0.4) is 0 Å². The Morgan fingerprint density at radius 3 is 2.53 bits per heavy atom. The van der Waals surface area contributed by atoms with Crippen molar-refractivity contribution in [1.29, 1.82) is 0 Å². The largest absolute Gasteiger partial charge is 0.469 e. The lowest BCUT2D eigenvalue weighted by Gasteiger charge is -2.54. The van der Waals surface area contributed by atoms with Crippen LogP contribution in [-0.4, -0.2) is 24.6 Å². The molecule has 2 saturated carbocycles. The molecule has 0 aliphatic heterocycles. The number of rotatable bonds is 6. The number of hydrogen-bond acceptors (Lipinski definition) is 4. The summed E-state index contributed by atoms with van der Waals surface area (Å²) in [4.78, 5) is 38.2. The second-order valence-corrected chi connectivity index (χ2v) is 12.5. The lowest BCUT2D eigenvalue weighted by Crippen LogP contribution is -2.50. The van der Waals surface area contributed by atoms with E-state index in [1.54, 1.807) is 0 Å². The summed E-state index contributed by atoms with van der Waals surface area (Å²) >= 11 is 0. The van der Waals surface area contributed by atoms with Crippen LogP contribution in [0.4, 0.5) is 0 Å². The fourth-order valence-electron chi connectivity index (χ4n) is 8.73. The standard InChI is InChI=1S/C30H44O4/c1-17(19(3)28(33)34-7)8-9-18(2)22-12-13-24-21-10-11-23-20(4)25(31)14-15-29(23,5)27(21)26(32)16-30(22,24)6/h18-20,22-24H,1,8-16H2,2-7H3/t18-,19?,20+,22-,23?,24-,29+,30-/m1/s1. The minimum atomic E-state index is -0.270. The minimum Gasteiger partial charge on any atom is -0.469 e. The Kier molecular flexibility index (Phi) is 6.76. The quantitative estimate of drug-likeness (QED) is 0.330. The average molecular weight is 469 g/mol. The molecule has 8 atom stereocenters. The Hall–Kier alpha value is -1.71. The van der Waals surface area contributed by atoms with Gasteiger partial charge in [-0.25, -0.2) is 0 Å². The Labute approximate surface area is 206 Å². The molecule has 2 unspecified atom stereocenters. The van der Waals surface area contributed by atoms with Crippen molar-refractivity contribution >= 4 is 17.5 Å². The Morgan fingerprint density at radius 1 is 1.15 bits per heavy atom. The van der Waals surface area contributed by atoms with Gasteiger partial charge in [0.15, 0.2) is 5.78 Å². The number of Topliss-reactive ketones (excluding diaryl/α,β-unsaturated/α-hetero) is 2. The van der Waals surface area contributed by atoms with E-state index < -0.39 is 0 Å². The van der Waals surface area contributed by atoms with Crippen molar-refractivity contribution in [3.8, 4) is 0 Å². The zero-order valence-electron chi connectivity index (χ0n) is 22.2. The summed E-state index contributed by atoms with van der Waals surface area (Å²) in [6, 6.07) is 0. The van der Waals surface area contributed by atoms with E-state index in [0.29, 0.717) is 48.1 Å². The molecule has 4 rings (SSSR count). The lowest BCUT2D eigenvalue weighted by atomic mass is 9.48. The first kappa shape index (κ1) is 25.4. The van der Waals surface area contributed by atoms with Crippen molar-refractivity contribution in [2.24, 2.45) is 46.3 Å².